The van der Waals surface area contributed by atoms with Crippen molar-refractivity contribution in [1.29, 1.82) is 0 Å². The molecule has 4 atom stereocenters. The average Bonchev–Trinajstić information content (AvgIpc) is 3.45. The predicted molar refractivity (Wildman–Crippen MR) is 183 cm³/mol. The lowest BCUT2D eigenvalue weighted by atomic mass is 9.81. The highest BCUT2D eigenvalue weighted by atomic mass is 28.4. The summed E-state index contributed by atoms with van der Waals surface area (Å²) in [6, 6.07) is 21.8. The Hall–Kier alpha value is -4.20. The number of likely N-dealkylation sites (tertiary alicyclic amines) is 1. The first-order valence-corrected chi connectivity index (χ1v) is 19.1. The fourth-order valence-electron chi connectivity index (χ4n) is 6.14. The van der Waals surface area contributed by atoms with Crippen molar-refractivity contribution in [3.8, 4) is 0 Å². The second kappa shape index (κ2) is 15.0. The second-order valence-electron chi connectivity index (χ2n) is 13.8. The summed E-state index contributed by atoms with van der Waals surface area (Å²) in [5.74, 6) is -2.57. The Morgan fingerprint density at radius 3 is 1.94 bits per heavy atom. The van der Waals surface area contributed by atoms with E-state index in [-0.39, 0.29) is 30.2 Å². The Morgan fingerprint density at radius 2 is 1.44 bits per heavy atom. The molecule has 0 radical (unpaired) electrons. The summed E-state index contributed by atoms with van der Waals surface area (Å²) >= 11 is 0. The minimum atomic E-state index is -5.25. The summed E-state index contributed by atoms with van der Waals surface area (Å²) in [6.07, 6.45) is -7.17. The molecule has 50 heavy (non-hydrogen) atoms. The Labute approximate surface area is 292 Å². The number of ether oxygens (including phenoxy) is 3. The van der Waals surface area contributed by atoms with Crippen LogP contribution in [-0.2, 0) is 40.4 Å². The number of alkyl halides is 3. The number of halogens is 3. The first kappa shape index (κ1) is 38.6. The van der Waals surface area contributed by atoms with Gasteiger partial charge in [-0.1, -0.05) is 112 Å². The number of amides is 2. The molecular weight excluding hydrogens is 669 g/mol. The van der Waals surface area contributed by atoms with Gasteiger partial charge in [0.2, 0.25) is 0 Å². The van der Waals surface area contributed by atoms with Gasteiger partial charge in [-0.3, -0.25) is 9.69 Å². The SMILES string of the molecule is COC(=O)[C@@]1([C@H](NC(=O)[C@@](OC)(c2ccccc2)C(F)(F)F)c2ccccc2)C[C@@H](O[Si](C)(C)C(C)(C)C)CN1C(=O)OCc1ccccc1. The molecule has 0 bridgehead atoms. The van der Waals surface area contributed by atoms with Gasteiger partial charge >= 0.3 is 18.2 Å². The molecule has 1 saturated heterocycles. The van der Waals surface area contributed by atoms with Crippen LogP contribution in [0, 0.1) is 0 Å². The monoisotopic (exact) mass is 714 g/mol. The van der Waals surface area contributed by atoms with Crippen LogP contribution < -0.4 is 5.32 Å². The predicted octanol–water partition coefficient (Wildman–Crippen LogP) is 7.29. The van der Waals surface area contributed by atoms with Crippen LogP contribution in [0.15, 0.2) is 91.0 Å². The Bertz CT molecular complexity index is 1620. The van der Waals surface area contributed by atoms with Gasteiger partial charge in [-0.25, -0.2) is 9.59 Å². The minimum Gasteiger partial charge on any atom is -0.467 e. The lowest BCUT2D eigenvalue weighted by Crippen LogP contribution is -2.64. The van der Waals surface area contributed by atoms with Crippen LogP contribution in [0.1, 0.15) is 49.9 Å². The maximum atomic E-state index is 15.1. The maximum Gasteiger partial charge on any atom is 0.430 e. The van der Waals surface area contributed by atoms with Crippen LogP contribution in [-0.4, -0.2) is 69.8 Å². The Kier molecular flexibility index (Phi) is 11.5. The van der Waals surface area contributed by atoms with E-state index in [1.54, 1.807) is 60.7 Å². The van der Waals surface area contributed by atoms with E-state index in [0.29, 0.717) is 5.56 Å². The second-order valence-corrected chi connectivity index (χ2v) is 18.6. The number of nitrogens with one attached hydrogen (secondary N) is 1. The van der Waals surface area contributed by atoms with Crippen molar-refractivity contribution in [2.45, 2.75) is 81.4 Å². The number of benzene rings is 3. The molecule has 3 aromatic carbocycles. The molecule has 0 unspecified atom stereocenters. The average molecular weight is 715 g/mol. The third kappa shape index (κ3) is 7.45. The van der Waals surface area contributed by atoms with E-state index in [4.69, 9.17) is 18.6 Å². The number of hydrogen-bond acceptors (Lipinski definition) is 7. The van der Waals surface area contributed by atoms with Crippen LogP contribution in [0.25, 0.3) is 0 Å². The number of carbonyl (C=O) groups excluding carboxylic acids is 3. The fraction of sp³-hybridized carbons (Fsp3) is 0.432. The summed E-state index contributed by atoms with van der Waals surface area (Å²) in [6.45, 7) is 9.80. The van der Waals surface area contributed by atoms with Gasteiger partial charge < -0.3 is 24.0 Å². The molecule has 270 valence electrons. The summed E-state index contributed by atoms with van der Waals surface area (Å²) in [4.78, 5) is 43.9. The topological polar surface area (TPSA) is 103 Å². The van der Waals surface area contributed by atoms with Crippen LogP contribution in [0.2, 0.25) is 18.1 Å². The van der Waals surface area contributed by atoms with Gasteiger partial charge in [-0.15, -0.1) is 0 Å². The van der Waals surface area contributed by atoms with Crippen molar-refractivity contribution >= 4 is 26.3 Å². The molecule has 1 N–H and O–H groups in total. The van der Waals surface area contributed by atoms with Crippen LogP contribution in [0.3, 0.4) is 0 Å². The summed E-state index contributed by atoms with van der Waals surface area (Å²) in [7, 11) is -0.646. The van der Waals surface area contributed by atoms with Gasteiger partial charge in [-0.2, -0.15) is 13.2 Å². The molecule has 1 heterocycles. The summed E-state index contributed by atoms with van der Waals surface area (Å²) in [5, 5.41) is 2.25. The normalized spacial score (nSPS) is 20.0. The van der Waals surface area contributed by atoms with Crippen LogP contribution in [0.4, 0.5) is 18.0 Å². The van der Waals surface area contributed by atoms with Gasteiger partial charge in [0, 0.05) is 19.1 Å². The number of hydrogen-bond donors (Lipinski definition) is 1. The highest BCUT2D eigenvalue weighted by Gasteiger charge is 2.66. The molecular formula is C37H45F3N2O7Si. The fourth-order valence-corrected chi connectivity index (χ4v) is 7.48. The Balaban J connectivity index is 1.91. The molecule has 0 aromatic heterocycles. The van der Waals surface area contributed by atoms with Crippen LogP contribution in [0.5, 0.6) is 0 Å². The zero-order valence-corrected chi connectivity index (χ0v) is 30.4. The number of rotatable bonds is 11. The molecule has 0 saturated carbocycles. The molecule has 0 spiro atoms. The maximum absolute atomic E-state index is 15.1. The third-order valence-corrected chi connectivity index (χ3v) is 14.3. The molecule has 0 aliphatic carbocycles. The van der Waals surface area contributed by atoms with E-state index in [1.807, 2.05) is 33.9 Å². The smallest absolute Gasteiger partial charge is 0.430 e. The van der Waals surface area contributed by atoms with E-state index < -0.39 is 61.3 Å². The molecule has 13 heteroatoms. The van der Waals surface area contributed by atoms with Gasteiger partial charge in [-0.05, 0) is 29.3 Å². The zero-order valence-electron chi connectivity index (χ0n) is 29.4. The number of carbonyl (C=O) groups is 3. The van der Waals surface area contributed by atoms with E-state index in [1.165, 1.54) is 18.2 Å². The number of methoxy groups -OCH3 is 2. The Morgan fingerprint density at radius 1 is 0.900 bits per heavy atom. The van der Waals surface area contributed by atoms with Gasteiger partial charge in [0.25, 0.3) is 11.5 Å². The molecule has 1 fully saturated rings. The number of esters is 1. The quantitative estimate of drug-likeness (QED) is 0.164. The van der Waals surface area contributed by atoms with Crippen LogP contribution >= 0.6 is 0 Å². The van der Waals surface area contributed by atoms with Crippen molar-refractivity contribution in [3.05, 3.63) is 108 Å². The van der Waals surface area contributed by atoms with Crippen molar-refractivity contribution < 1.29 is 46.2 Å². The minimum absolute atomic E-state index is 0.154. The van der Waals surface area contributed by atoms with Crippen molar-refractivity contribution in [3.63, 3.8) is 0 Å². The molecule has 9 nitrogen and oxygen atoms in total. The highest BCUT2D eigenvalue weighted by Crippen LogP contribution is 2.48. The van der Waals surface area contributed by atoms with Crippen molar-refractivity contribution in [2.24, 2.45) is 0 Å². The molecule has 2 amide bonds. The van der Waals surface area contributed by atoms with Gasteiger partial charge in [0.1, 0.15) is 6.61 Å². The molecule has 1 aliphatic heterocycles. The van der Waals surface area contributed by atoms with E-state index in [2.05, 4.69) is 5.32 Å². The first-order valence-electron chi connectivity index (χ1n) is 16.2. The molecule has 1 aliphatic rings. The molecule has 4 rings (SSSR count). The van der Waals surface area contributed by atoms with Crippen molar-refractivity contribution in [2.75, 3.05) is 20.8 Å². The lowest BCUT2D eigenvalue weighted by molar-refractivity contribution is -0.266. The van der Waals surface area contributed by atoms with Gasteiger partial charge in [0.15, 0.2) is 13.9 Å². The number of nitrogens with zero attached hydrogens (tertiary/aromatic N) is 1. The van der Waals surface area contributed by atoms with E-state index in [9.17, 15) is 14.4 Å². The lowest BCUT2D eigenvalue weighted by Gasteiger charge is -2.43. The highest BCUT2D eigenvalue weighted by molar-refractivity contribution is 6.74. The third-order valence-electron chi connectivity index (χ3n) is 9.73. The van der Waals surface area contributed by atoms with Crippen molar-refractivity contribution in [1.82, 2.24) is 10.2 Å². The summed E-state index contributed by atoms with van der Waals surface area (Å²) < 4.78 is 68.2. The first-order chi connectivity index (χ1) is 23.4. The summed E-state index contributed by atoms with van der Waals surface area (Å²) in [5.41, 5.74) is -5.17. The van der Waals surface area contributed by atoms with E-state index in [0.717, 1.165) is 31.3 Å². The largest absolute Gasteiger partial charge is 0.467 e. The van der Waals surface area contributed by atoms with E-state index >= 15 is 13.2 Å². The standard InChI is InChI=1S/C37H45F3N2O7Si/c1-34(2,3)50(6,7)49-29-23-35(32(44)46-4,42(24-29)33(45)48-25-26-17-11-8-12-18-26)30(27-19-13-9-14-20-27)41-31(43)36(47-5,37(38,39)40)28-21-15-10-16-22-28/h8-22,29-30H,23-25H2,1-7H3,(H,41,43)/t29-,30-,35+,36+/m1/s1. The van der Waals surface area contributed by atoms with Gasteiger partial charge in [0.05, 0.1) is 25.8 Å². The molecule has 3 aromatic rings. The zero-order chi connectivity index (χ0) is 37.0.